The Morgan fingerprint density at radius 2 is 1.73 bits per heavy atom. The summed E-state index contributed by atoms with van der Waals surface area (Å²) in [7, 11) is 1.86. The van der Waals surface area contributed by atoms with Gasteiger partial charge >= 0.3 is 12.4 Å². The number of aromatic nitrogens is 1. The summed E-state index contributed by atoms with van der Waals surface area (Å²) in [6.45, 7) is 0.946. The highest BCUT2D eigenvalue weighted by Crippen LogP contribution is 2.37. The second-order valence-corrected chi connectivity index (χ2v) is 9.41. The number of amides is 1. The van der Waals surface area contributed by atoms with Crippen LogP contribution in [0.5, 0.6) is 0 Å². The van der Waals surface area contributed by atoms with Crippen LogP contribution < -0.4 is 0 Å². The van der Waals surface area contributed by atoms with Gasteiger partial charge in [0.05, 0.1) is 24.2 Å². The number of nitrogens with zero attached hydrogens (tertiary/aromatic N) is 6. The number of hydrogen-bond donors (Lipinski definition) is 0. The molecule has 1 amide bonds. The Balaban J connectivity index is 1.69. The topological polar surface area (TPSA) is 77.2 Å². The van der Waals surface area contributed by atoms with Crippen molar-refractivity contribution in [1.82, 2.24) is 14.4 Å². The molecule has 4 rings (SSSR count). The zero-order valence-electron chi connectivity index (χ0n) is 21.3. The monoisotopic (exact) mass is 562 g/mol. The molecule has 2 aromatic carbocycles. The minimum absolute atomic E-state index is 0.00846. The Labute approximate surface area is 225 Å². The van der Waals surface area contributed by atoms with Crippen molar-refractivity contribution >= 4 is 16.8 Å². The van der Waals surface area contributed by atoms with Crippen molar-refractivity contribution in [3.05, 3.63) is 81.4 Å². The second-order valence-electron chi connectivity index (χ2n) is 9.41. The maximum atomic E-state index is 13.6. The molecule has 1 aliphatic rings. The van der Waals surface area contributed by atoms with Crippen LogP contribution >= 0.6 is 0 Å². The summed E-state index contributed by atoms with van der Waals surface area (Å²) in [6, 6.07) is 7.98. The van der Waals surface area contributed by atoms with Gasteiger partial charge in [0.1, 0.15) is 0 Å². The number of rotatable bonds is 5. The fourth-order valence-electron chi connectivity index (χ4n) is 4.88. The lowest BCUT2D eigenvalue weighted by atomic mass is 9.98. The standard InChI is InChI=1S/C27H24F6N6O/c1-37-16-19(23-6-2-3-7-24(23)37)14-22-17-38(9-5-4-8-35-36-34)10-11-39(22)25(40)18-12-20(26(28,29)30)15-21(13-18)27(31,32)33/h2-3,6-7,12-13,15-16,22H,8-11,14,17H2,1H3. The van der Waals surface area contributed by atoms with Gasteiger partial charge in [0.2, 0.25) is 0 Å². The van der Waals surface area contributed by atoms with Gasteiger partial charge in [-0.15, -0.1) is 0 Å². The molecule has 0 N–H and O–H groups in total. The summed E-state index contributed by atoms with van der Waals surface area (Å²) in [5, 5.41) is 4.28. The minimum atomic E-state index is -5.06. The second kappa shape index (κ2) is 11.5. The van der Waals surface area contributed by atoms with E-state index in [2.05, 4.69) is 21.9 Å². The van der Waals surface area contributed by atoms with E-state index in [-0.39, 0.29) is 32.2 Å². The number of hydrogen-bond acceptors (Lipinski definition) is 3. The van der Waals surface area contributed by atoms with E-state index in [1.165, 1.54) is 4.90 Å². The summed E-state index contributed by atoms with van der Waals surface area (Å²) in [4.78, 5) is 19.5. The number of fused-ring (bicyclic) bond motifs is 1. The molecule has 0 radical (unpaired) electrons. The predicted molar refractivity (Wildman–Crippen MR) is 136 cm³/mol. The number of carbonyl (C=O) groups excluding carboxylic acids is 1. The van der Waals surface area contributed by atoms with E-state index in [0.29, 0.717) is 25.1 Å². The maximum Gasteiger partial charge on any atom is 0.416 e. The van der Waals surface area contributed by atoms with Crippen LogP contribution in [-0.2, 0) is 25.8 Å². The van der Waals surface area contributed by atoms with E-state index in [1.807, 2.05) is 47.0 Å². The number of carbonyl (C=O) groups is 1. The van der Waals surface area contributed by atoms with E-state index in [9.17, 15) is 31.1 Å². The molecule has 1 aromatic heterocycles. The van der Waals surface area contributed by atoms with Crippen LogP contribution in [0.2, 0.25) is 0 Å². The third kappa shape index (κ3) is 6.52. The quantitative estimate of drug-likeness (QED) is 0.128. The number of para-hydroxylation sites is 1. The first-order valence-electron chi connectivity index (χ1n) is 12.2. The van der Waals surface area contributed by atoms with Gasteiger partial charge in [-0.2, -0.15) is 26.3 Å². The van der Waals surface area contributed by atoms with Crippen molar-refractivity contribution < 1.29 is 31.1 Å². The number of azide groups is 1. The van der Waals surface area contributed by atoms with E-state index < -0.39 is 41.0 Å². The van der Waals surface area contributed by atoms with Gasteiger partial charge in [-0.3, -0.25) is 9.69 Å². The summed E-state index contributed by atoms with van der Waals surface area (Å²) in [5.41, 5.74) is 6.46. The van der Waals surface area contributed by atoms with Crippen LogP contribution in [-0.4, -0.2) is 59.0 Å². The van der Waals surface area contributed by atoms with Gasteiger partial charge in [0.25, 0.3) is 5.91 Å². The molecule has 0 aliphatic carbocycles. The molecule has 40 heavy (non-hydrogen) atoms. The van der Waals surface area contributed by atoms with Crippen LogP contribution in [0.1, 0.15) is 27.0 Å². The molecule has 0 spiro atoms. The predicted octanol–water partition coefficient (Wildman–Crippen LogP) is 5.90. The lowest BCUT2D eigenvalue weighted by molar-refractivity contribution is -0.143. The third-order valence-electron chi connectivity index (χ3n) is 6.74. The van der Waals surface area contributed by atoms with Crippen LogP contribution in [0.4, 0.5) is 26.3 Å². The molecule has 0 bridgehead atoms. The van der Waals surface area contributed by atoms with E-state index in [1.54, 1.807) is 0 Å². The highest BCUT2D eigenvalue weighted by Gasteiger charge is 2.39. The van der Waals surface area contributed by atoms with Gasteiger partial charge in [-0.1, -0.05) is 35.2 Å². The third-order valence-corrected chi connectivity index (χ3v) is 6.74. The van der Waals surface area contributed by atoms with E-state index in [4.69, 9.17) is 5.53 Å². The Bertz CT molecular complexity index is 1480. The van der Waals surface area contributed by atoms with Crippen LogP contribution in [0.3, 0.4) is 0 Å². The summed E-state index contributed by atoms with van der Waals surface area (Å²) in [5.74, 6) is 4.70. The molecule has 1 saturated heterocycles. The molecular weight excluding hydrogens is 538 g/mol. The van der Waals surface area contributed by atoms with Crippen molar-refractivity contribution in [1.29, 1.82) is 0 Å². The number of benzene rings is 2. The van der Waals surface area contributed by atoms with Crippen LogP contribution in [0, 0.1) is 11.8 Å². The van der Waals surface area contributed by atoms with Gasteiger partial charge in [-0.05, 0) is 41.8 Å². The maximum absolute atomic E-state index is 13.6. The molecule has 1 aliphatic heterocycles. The molecule has 1 unspecified atom stereocenters. The SMILES string of the molecule is Cn1cc(CC2CN(CC#CCN=[N+]=[N-])CCN2C(=O)c2cc(C(F)(F)F)cc(C(F)(F)F)c2)c2ccccc21. The van der Waals surface area contributed by atoms with Gasteiger partial charge in [0, 0.05) is 60.3 Å². The van der Waals surface area contributed by atoms with E-state index in [0.717, 1.165) is 16.5 Å². The molecule has 13 heteroatoms. The first kappa shape index (κ1) is 28.9. The highest BCUT2D eigenvalue weighted by molar-refractivity contribution is 5.95. The fraction of sp³-hybridized carbons (Fsp3) is 0.370. The number of halogens is 6. The Morgan fingerprint density at radius 1 is 1.05 bits per heavy atom. The lowest BCUT2D eigenvalue weighted by Crippen LogP contribution is -2.56. The summed E-state index contributed by atoms with van der Waals surface area (Å²) in [6.07, 6.45) is -7.91. The smallest absolute Gasteiger partial charge is 0.350 e. The molecular formula is C27H24F6N6O. The van der Waals surface area contributed by atoms with Crippen molar-refractivity contribution in [3.63, 3.8) is 0 Å². The first-order chi connectivity index (χ1) is 18.9. The van der Waals surface area contributed by atoms with Crippen molar-refractivity contribution in [3.8, 4) is 11.8 Å². The molecule has 0 saturated carbocycles. The summed E-state index contributed by atoms with van der Waals surface area (Å²) >= 11 is 0. The first-order valence-corrected chi connectivity index (χ1v) is 12.2. The molecule has 2 heterocycles. The van der Waals surface area contributed by atoms with Gasteiger partial charge < -0.3 is 9.47 Å². The summed E-state index contributed by atoms with van der Waals surface area (Å²) < 4.78 is 82.7. The number of piperazine rings is 1. The fourth-order valence-corrected chi connectivity index (χ4v) is 4.88. The number of aryl methyl sites for hydroxylation is 1. The lowest BCUT2D eigenvalue weighted by Gasteiger charge is -2.41. The minimum Gasteiger partial charge on any atom is -0.350 e. The zero-order chi connectivity index (χ0) is 29.1. The molecule has 1 fully saturated rings. The molecule has 3 aromatic rings. The molecule has 210 valence electrons. The van der Waals surface area contributed by atoms with Crippen molar-refractivity contribution in [2.75, 3.05) is 32.7 Å². The van der Waals surface area contributed by atoms with Crippen molar-refractivity contribution in [2.45, 2.75) is 24.8 Å². The average Bonchev–Trinajstić information content (AvgIpc) is 3.22. The molecule has 1 atom stereocenters. The Kier molecular flexibility index (Phi) is 8.32. The van der Waals surface area contributed by atoms with Gasteiger partial charge in [0.15, 0.2) is 0 Å². The zero-order valence-corrected chi connectivity index (χ0v) is 21.3. The highest BCUT2D eigenvalue weighted by atomic mass is 19.4. The Morgan fingerprint density at radius 3 is 2.38 bits per heavy atom. The van der Waals surface area contributed by atoms with E-state index >= 15 is 0 Å². The largest absolute Gasteiger partial charge is 0.416 e. The molecule has 7 nitrogen and oxygen atoms in total. The Hall–Kier alpha value is -4.14. The van der Waals surface area contributed by atoms with Gasteiger partial charge in [-0.25, -0.2) is 0 Å². The average molecular weight is 563 g/mol. The van der Waals surface area contributed by atoms with Crippen LogP contribution in [0.25, 0.3) is 21.3 Å². The number of alkyl halides is 6. The van der Waals surface area contributed by atoms with Crippen LogP contribution in [0.15, 0.2) is 53.8 Å². The normalized spacial score (nSPS) is 16.4. The van der Waals surface area contributed by atoms with Crippen molar-refractivity contribution in [2.24, 2.45) is 12.2 Å².